The molecule has 2 aromatic heterocycles. The maximum atomic E-state index is 8.63. The zero-order chi connectivity index (χ0) is 13.5. The molecule has 10 heteroatoms. The molecule has 2 rings (SSSR count). The summed E-state index contributed by atoms with van der Waals surface area (Å²) in [5.74, 6) is 0.961. The first-order valence-electron chi connectivity index (χ1n) is 4.00. The second-order valence-electron chi connectivity index (χ2n) is 2.66. The average Bonchev–Trinajstić information content (AvgIpc) is 2.62. The smallest absolute Gasteiger partial charge is 0.402 e. The number of aryl methyl sites for hydroxylation is 1. The van der Waals surface area contributed by atoms with Crippen LogP contribution in [0.25, 0.3) is 5.78 Å². The van der Waals surface area contributed by atoms with Gasteiger partial charge in [0.2, 0.25) is 10.4 Å². The number of hydrogen-bond acceptors (Lipinski definition) is 6. The Morgan fingerprint density at radius 1 is 1.47 bits per heavy atom. The lowest BCUT2D eigenvalue weighted by Gasteiger charge is -1.88. The molecule has 0 saturated carbocycles. The van der Waals surface area contributed by atoms with Gasteiger partial charge in [-0.25, -0.2) is 17.4 Å². The standard InChI is InChI=1S/C7H8N3.H2O4S.OS/c1-9-5-6-10-4-2-3-8-7(9)10;1-5(2,3)4;1-2/h2-6H,1H3;(H2,1,2,3,4);/q+1;;/p-1. The quantitative estimate of drug-likeness (QED) is 0.367. The molecule has 1 N–H and O–H groups in total. The van der Waals surface area contributed by atoms with Crippen LogP contribution in [0.2, 0.25) is 0 Å². The SMILES string of the molecule is C[n+]1ccn2cccnc21.O=S.O=S(=O)([O-])O. The first-order chi connectivity index (χ1) is 7.88. The second kappa shape index (κ2) is 6.96. The molecule has 0 aliphatic heterocycles. The molecule has 94 valence electrons. The van der Waals surface area contributed by atoms with Crippen LogP contribution >= 0.6 is 0 Å². The van der Waals surface area contributed by atoms with Crippen molar-refractivity contribution in [3.63, 3.8) is 0 Å². The first kappa shape index (κ1) is 15.5. The summed E-state index contributed by atoms with van der Waals surface area (Å²) in [6, 6.07) is 1.91. The molecule has 0 bridgehead atoms. The van der Waals surface area contributed by atoms with Crippen molar-refractivity contribution in [2.45, 2.75) is 0 Å². The van der Waals surface area contributed by atoms with Gasteiger partial charge in [0.15, 0.2) is 12.5 Å². The normalized spacial score (nSPS) is 9.82. The Hall–Kier alpha value is -1.49. The summed E-state index contributed by atoms with van der Waals surface area (Å²) in [6.07, 6.45) is 7.71. The summed E-state index contributed by atoms with van der Waals surface area (Å²) in [5.41, 5.74) is 0. The molecular formula is C7H9N3O5S2. The monoisotopic (exact) mass is 279 g/mol. The Bertz CT molecular complexity index is 560. The van der Waals surface area contributed by atoms with Crippen LogP contribution < -0.4 is 4.57 Å². The van der Waals surface area contributed by atoms with Crippen molar-refractivity contribution in [2.24, 2.45) is 7.05 Å². The maximum Gasteiger partial charge on any atom is 0.402 e. The van der Waals surface area contributed by atoms with E-state index in [0.29, 0.717) is 0 Å². The second-order valence-corrected chi connectivity index (χ2v) is 3.52. The van der Waals surface area contributed by atoms with E-state index in [-0.39, 0.29) is 0 Å². The van der Waals surface area contributed by atoms with E-state index in [2.05, 4.69) is 17.5 Å². The van der Waals surface area contributed by atoms with Gasteiger partial charge in [-0.1, -0.05) is 4.98 Å². The van der Waals surface area contributed by atoms with Gasteiger partial charge in [-0.05, 0) is 0 Å². The summed E-state index contributed by atoms with van der Waals surface area (Å²) < 4.78 is 44.6. The van der Waals surface area contributed by atoms with Gasteiger partial charge >= 0.3 is 5.78 Å². The first-order valence-corrected chi connectivity index (χ1v) is 5.70. The van der Waals surface area contributed by atoms with E-state index in [1.807, 2.05) is 40.7 Å². The van der Waals surface area contributed by atoms with E-state index in [4.69, 9.17) is 21.7 Å². The molecule has 0 aromatic carbocycles. The molecule has 0 spiro atoms. The van der Waals surface area contributed by atoms with Crippen molar-refractivity contribution in [3.05, 3.63) is 30.9 Å². The predicted molar refractivity (Wildman–Crippen MR) is 56.8 cm³/mol. The molecule has 0 radical (unpaired) electrons. The number of fused-ring (bicyclic) bond motifs is 1. The van der Waals surface area contributed by atoms with Crippen LogP contribution in [0.5, 0.6) is 0 Å². The van der Waals surface area contributed by atoms with Crippen LogP contribution in [-0.4, -0.2) is 31.1 Å². The predicted octanol–water partition coefficient (Wildman–Crippen LogP) is -1.17. The van der Waals surface area contributed by atoms with Gasteiger partial charge in [0, 0.05) is 6.07 Å². The average molecular weight is 279 g/mol. The molecule has 0 unspecified atom stereocenters. The molecular weight excluding hydrogens is 270 g/mol. The van der Waals surface area contributed by atoms with Crippen LogP contribution in [0, 0.1) is 0 Å². The highest BCUT2D eigenvalue weighted by molar-refractivity contribution is 7.79. The van der Waals surface area contributed by atoms with E-state index in [1.54, 1.807) is 6.20 Å². The van der Waals surface area contributed by atoms with Crippen LogP contribution in [0.3, 0.4) is 0 Å². The molecule has 0 fully saturated rings. The van der Waals surface area contributed by atoms with E-state index < -0.39 is 10.4 Å². The van der Waals surface area contributed by atoms with Gasteiger partial charge in [-0.15, -0.1) is 0 Å². The lowest BCUT2D eigenvalue weighted by Crippen LogP contribution is -2.26. The zero-order valence-electron chi connectivity index (χ0n) is 8.63. The summed E-state index contributed by atoms with van der Waals surface area (Å²) >= 11 is 2.83. The minimum atomic E-state index is -4.92. The van der Waals surface area contributed by atoms with Gasteiger partial charge in [-0.3, -0.25) is 4.55 Å². The van der Waals surface area contributed by atoms with Crippen molar-refractivity contribution in [1.29, 1.82) is 0 Å². The Balaban J connectivity index is 0.000000315. The molecule has 8 nitrogen and oxygen atoms in total. The fourth-order valence-electron chi connectivity index (χ4n) is 1.00. The van der Waals surface area contributed by atoms with E-state index >= 15 is 0 Å². The third-order valence-corrected chi connectivity index (χ3v) is 1.52. The Morgan fingerprint density at radius 3 is 2.47 bits per heavy atom. The number of aromatic nitrogens is 3. The van der Waals surface area contributed by atoms with Crippen molar-refractivity contribution in [2.75, 3.05) is 0 Å². The van der Waals surface area contributed by atoms with Gasteiger partial charge in [0.25, 0.3) is 0 Å². The molecule has 0 saturated heterocycles. The minimum absolute atomic E-state index is 0.961. The summed E-state index contributed by atoms with van der Waals surface area (Å²) in [5, 5.41) is 0. The zero-order valence-corrected chi connectivity index (χ0v) is 10.3. The van der Waals surface area contributed by atoms with Crippen molar-refractivity contribution in [1.82, 2.24) is 9.38 Å². The molecule has 0 aliphatic carbocycles. The largest absolute Gasteiger partial charge is 0.726 e. The van der Waals surface area contributed by atoms with Crippen molar-refractivity contribution in [3.8, 4) is 0 Å². The van der Waals surface area contributed by atoms with Gasteiger partial charge in [0.1, 0.15) is 12.4 Å². The van der Waals surface area contributed by atoms with Crippen LogP contribution in [0.4, 0.5) is 0 Å². The minimum Gasteiger partial charge on any atom is -0.726 e. The molecule has 0 aliphatic rings. The topological polar surface area (TPSA) is 116 Å². The molecule has 0 atom stereocenters. The highest BCUT2D eigenvalue weighted by Crippen LogP contribution is 1.89. The molecule has 2 heterocycles. The van der Waals surface area contributed by atoms with E-state index in [9.17, 15) is 0 Å². The molecule has 0 amide bonds. The highest BCUT2D eigenvalue weighted by atomic mass is 32.3. The maximum absolute atomic E-state index is 8.63. The van der Waals surface area contributed by atoms with Crippen molar-refractivity contribution < 1.29 is 26.3 Å². The highest BCUT2D eigenvalue weighted by Gasteiger charge is 2.02. The summed E-state index contributed by atoms with van der Waals surface area (Å²) in [7, 11) is -2.94. The fourth-order valence-corrected chi connectivity index (χ4v) is 1.00. The number of hydrogen-bond donors (Lipinski definition) is 1. The summed E-state index contributed by atoms with van der Waals surface area (Å²) in [4.78, 5) is 4.17. The van der Waals surface area contributed by atoms with Crippen LogP contribution in [0.15, 0.2) is 30.9 Å². The Morgan fingerprint density at radius 2 is 2.00 bits per heavy atom. The van der Waals surface area contributed by atoms with Gasteiger partial charge < -0.3 is 4.55 Å². The van der Waals surface area contributed by atoms with E-state index in [0.717, 1.165) is 5.78 Å². The lowest BCUT2D eigenvalue weighted by atomic mass is 10.7. The third-order valence-electron chi connectivity index (χ3n) is 1.52. The van der Waals surface area contributed by atoms with E-state index in [1.165, 1.54) is 0 Å². The Labute approximate surface area is 103 Å². The fraction of sp³-hybridized carbons (Fsp3) is 0.143. The number of imidazole rings is 1. The molecule has 17 heavy (non-hydrogen) atoms. The van der Waals surface area contributed by atoms with Gasteiger partial charge in [0.05, 0.1) is 19.4 Å². The lowest BCUT2D eigenvalue weighted by molar-refractivity contribution is -0.646. The van der Waals surface area contributed by atoms with Crippen LogP contribution in [0.1, 0.15) is 0 Å². The molecule has 2 aromatic rings. The summed E-state index contributed by atoms with van der Waals surface area (Å²) in [6.45, 7) is 0. The number of nitrogens with zero attached hydrogens (tertiary/aromatic N) is 3. The third kappa shape index (κ3) is 6.63. The Kier molecular flexibility index (Phi) is 6.35. The van der Waals surface area contributed by atoms with Crippen molar-refractivity contribution >= 4 is 28.7 Å². The van der Waals surface area contributed by atoms with Gasteiger partial charge in [-0.2, -0.15) is 4.21 Å². The van der Waals surface area contributed by atoms with Crippen LogP contribution in [-0.2, 0) is 30.0 Å². The number of rotatable bonds is 0.